The molecule has 0 spiro atoms. The van der Waals surface area contributed by atoms with Crippen LogP contribution in [0.2, 0.25) is 0 Å². The summed E-state index contributed by atoms with van der Waals surface area (Å²) >= 11 is 0. The lowest BCUT2D eigenvalue weighted by Gasteiger charge is -2.24. The Morgan fingerprint density at radius 2 is 1.91 bits per heavy atom. The molecule has 3 heterocycles. The zero-order valence-corrected chi connectivity index (χ0v) is 25.0. The van der Waals surface area contributed by atoms with Crippen LogP contribution in [-0.2, 0) is 17.6 Å². The van der Waals surface area contributed by atoms with E-state index in [2.05, 4.69) is 32.7 Å². The zero-order chi connectivity index (χ0) is 30.9. The molecule has 0 bridgehead atoms. The van der Waals surface area contributed by atoms with E-state index in [4.69, 9.17) is 9.72 Å². The average Bonchev–Trinajstić information content (AvgIpc) is 3.01. The maximum atomic E-state index is 13.6. The first kappa shape index (κ1) is 31.1. The summed E-state index contributed by atoms with van der Waals surface area (Å²) in [6.45, 7) is 4.46. The van der Waals surface area contributed by atoms with E-state index >= 15 is 0 Å². The highest BCUT2D eigenvalue weighted by Crippen LogP contribution is 2.21. The summed E-state index contributed by atoms with van der Waals surface area (Å²) in [5.41, 5.74) is 3.48. The molecule has 5 rings (SSSR count). The number of unbranched alkanes of at least 4 members (excludes halogenated alkanes) is 1. The largest absolute Gasteiger partial charge is 0.492 e. The van der Waals surface area contributed by atoms with Crippen LogP contribution < -0.4 is 19.8 Å². The number of ketones is 1. The smallest absolute Gasteiger partial charge is 0.336 e. The molecule has 0 fully saturated rings. The zero-order valence-electron chi connectivity index (χ0n) is 25.0. The standard InChI is InChI=1S/C33H39F2N6O3/c1-23(42)29(39-32-22-37-30-9-2-3-10-31(30)41(32)43)13-16-40(17-18-44-28-20-25(34)19-26(35)21-28)15-5-4-8-27-12-11-24-7-6-14-36-33(24)38-27/h2-3,9-12,19-22,29,39H,4-8,13-18H2,1H3,(H,36,38)(H,37,43)/q+1/t29-/m0/s1. The highest BCUT2D eigenvalue weighted by Gasteiger charge is 2.23. The maximum Gasteiger partial charge on any atom is 0.336 e. The summed E-state index contributed by atoms with van der Waals surface area (Å²) in [4.78, 5) is 35.6. The molecule has 9 nitrogen and oxygen atoms in total. The minimum absolute atomic E-state index is 0.0864. The molecule has 0 saturated heterocycles. The predicted octanol–water partition coefficient (Wildman–Crippen LogP) is 5.28. The van der Waals surface area contributed by atoms with Crippen LogP contribution in [0.5, 0.6) is 5.75 Å². The molecule has 0 amide bonds. The van der Waals surface area contributed by atoms with Gasteiger partial charge < -0.3 is 15.0 Å². The van der Waals surface area contributed by atoms with Crippen LogP contribution >= 0.6 is 0 Å². The number of ether oxygens (including phenoxy) is 1. The Kier molecular flexibility index (Phi) is 10.5. The van der Waals surface area contributed by atoms with Gasteiger partial charge in [-0.1, -0.05) is 23.1 Å². The number of hydrogen-bond acceptors (Lipinski definition) is 7. The van der Waals surface area contributed by atoms with E-state index in [1.54, 1.807) is 18.3 Å². The van der Waals surface area contributed by atoms with Crippen LogP contribution in [0, 0.1) is 16.5 Å². The van der Waals surface area contributed by atoms with Crippen LogP contribution in [0.4, 0.5) is 20.4 Å². The number of benzene rings is 2. The number of aryl methyl sites for hydroxylation is 2. The van der Waals surface area contributed by atoms with Gasteiger partial charge in [0.2, 0.25) is 5.52 Å². The van der Waals surface area contributed by atoms with Crippen LogP contribution in [0.3, 0.4) is 0 Å². The number of H-pyrrole nitrogens is 1. The second-order valence-electron chi connectivity index (χ2n) is 11.2. The Morgan fingerprint density at radius 1 is 1.09 bits per heavy atom. The summed E-state index contributed by atoms with van der Waals surface area (Å²) in [5.74, 6) is -0.0898. The number of carbonyl (C=O) groups is 1. The summed E-state index contributed by atoms with van der Waals surface area (Å²) < 4.78 is 33.7. The first-order chi connectivity index (χ1) is 21.4. The number of para-hydroxylation sites is 2. The molecule has 0 aliphatic carbocycles. The maximum absolute atomic E-state index is 13.6. The van der Waals surface area contributed by atoms with Crippen LogP contribution in [0.25, 0.3) is 11.0 Å². The topological polar surface area (TPSA) is 105 Å². The van der Waals surface area contributed by atoms with Gasteiger partial charge in [0.05, 0.1) is 11.7 Å². The second-order valence-corrected chi connectivity index (χ2v) is 11.2. The highest BCUT2D eigenvalue weighted by atomic mass is 19.1. The van der Waals surface area contributed by atoms with Crippen molar-refractivity contribution in [1.29, 1.82) is 0 Å². The summed E-state index contributed by atoms with van der Waals surface area (Å²) in [5, 5.41) is 6.50. The molecule has 0 saturated carbocycles. The molecule has 44 heavy (non-hydrogen) atoms. The van der Waals surface area contributed by atoms with Crippen molar-refractivity contribution in [3.8, 4) is 5.75 Å². The minimum Gasteiger partial charge on any atom is -0.492 e. The fraction of sp³-hybridized carbons (Fsp3) is 0.394. The van der Waals surface area contributed by atoms with Crippen molar-refractivity contribution in [1.82, 2.24) is 14.9 Å². The molecule has 1 aliphatic heterocycles. The quantitative estimate of drug-likeness (QED) is 0.125. The third kappa shape index (κ3) is 8.37. The van der Waals surface area contributed by atoms with Gasteiger partial charge in [-0.05, 0) is 69.3 Å². The number of nitrogens with zero attached hydrogens (tertiary/aromatic N) is 3. The van der Waals surface area contributed by atoms with E-state index in [1.165, 1.54) is 12.5 Å². The minimum atomic E-state index is -0.695. The number of pyridine rings is 1. The fourth-order valence-corrected chi connectivity index (χ4v) is 5.46. The molecule has 3 N–H and O–H groups in total. The Balaban J connectivity index is 1.20. The van der Waals surface area contributed by atoms with Gasteiger partial charge in [0.25, 0.3) is 0 Å². The molecule has 11 heteroatoms. The molecule has 1 atom stereocenters. The number of aromatic nitrogens is 3. The Bertz CT molecular complexity index is 1630. The number of nitrogens with one attached hydrogen (secondary N) is 3. The lowest BCUT2D eigenvalue weighted by atomic mass is 10.1. The molecule has 1 aliphatic rings. The number of fused-ring (bicyclic) bond motifs is 2. The first-order valence-corrected chi connectivity index (χ1v) is 15.2. The predicted molar refractivity (Wildman–Crippen MR) is 167 cm³/mol. The number of halogens is 2. The number of hydrogen-bond donors (Lipinski definition) is 3. The molecule has 0 radical (unpaired) electrons. The van der Waals surface area contributed by atoms with Crippen LogP contribution in [0.15, 0.2) is 60.8 Å². The summed E-state index contributed by atoms with van der Waals surface area (Å²) in [7, 11) is 0. The third-order valence-electron chi connectivity index (χ3n) is 7.87. The number of anilines is 2. The highest BCUT2D eigenvalue weighted by molar-refractivity contribution is 5.84. The Hall–Kier alpha value is -4.38. The second kappa shape index (κ2) is 14.9. The van der Waals surface area contributed by atoms with Crippen molar-refractivity contribution in [2.45, 2.75) is 51.5 Å². The molecular weight excluding hydrogens is 566 g/mol. The number of carbonyl (C=O) groups excluding carboxylic acids is 1. The normalized spacial score (nSPS) is 13.4. The van der Waals surface area contributed by atoms with Gasteiger partial charge in [-0.15, -0.1) is 0 Å². The van der Waals surface area contributed by atoms with E-state index < -0.39 is 17.7 Å². The molecule has 4 aromatic rings. The van der Waals surface area contributed by atoms with Crippen molar-refractivity contribution in [2.24, 2.45) is 0 Å². The molecule has 232 valence electrons. The fourth-order valence-electron chi connectivity index (χ4n) is 5.46. The van der Waals surface area contributed by atoms with E-state index in [-0.39, 0.29) is 24.0 Å². The number of aromatic amines is 1. The van der Waals surface area contributed by atoms with Gasteiger partial charge in [-0.25, -0.2) is 13.8 Å². The van der Waals surface area contributed by atoms with Gasteiger partial charge in [-0.3, -0.25) is 15.0 Å². The summed E-state index contributed by atoms with van der Waals surface area (Å²) in [6, 6.07) is 14.0. The Morgan fingerprint density at radius 3 is 2.73 bits per heavy atom. The van der Waals surface area contributed by atoms with Crippen LogP contribution in [0.1, 0.15) is 43.9 Å². The van der Waals surface area contributed by atoms with E-state index in [9.17, 15) is 18.5 Å². The number of rotatable bonds is 15. The van der Waals surface area contributed by atoms with Gasteiger partial charge in [0.1, 0.15) is 29.8 Å². The Labute approximate surface area is 255 Å². The average molecular weight is 606 g/mol. The monoisotopic (exact) mass is 605 g/mol. The van der Waals surface area contributed by atoms with Crippen molar-refractivity contribution in [3.63, 3.8) is 0 Å². The van der Waals surface area contributed by atoms with E-state index in [0.717, 1.165) is 79.3 Å². The molecular formula is C33H39F2N6O3+. The lowest BCUT2D eigenvalue weighted by Crippen LogP contribution is -2.38. The van der Waals surface area contributed by atoms with Gasteiger partial charge in [0.15, 0.2) is 11.8 Å². The van der Waals surface area contributed by atoms with E-state index in [1.807, 2.05) is 12.1 Å². The molecule has 2 aromatic carbocycles. The van der Waals surface area contributed by atoms with E-state index in [0.29, 0.717) is 30.5 Å². The van der Waals surface area contributed by atoms with Crippen molar-refractivity contribution in [2.75, 3.05) is 43.4 Å². The van der Waals surface area contributed by atoms with Crippen molar-refractivity contribution < 1.29 is 22.7 Å². The molecule has 0 unspecified atom stereocenters. The number of Topliss-reactive ketones (excluding diaryl/α,β-unsaturated/α-hetero) is 1. The lowest BCUT2D eigenvalue weighted by molar-refractivity contribution is -0.448. The van der Waals surface area contributed by atoms with Crippen molar-refractivity contribution in [3.05, 3.63) is 88.6 Å². The van der Waals surface area contributed by atoms with Gasteiger partial charge in [-0.2, -0.15) is 0 Å². The van der Waals surface area contributed by atoms with Gasteiger partial charge in [0, 0.05) is 54.4 Å². The van der Waals surface area contributed by atoms with Gasteiger partial charge >= 0.3 is 5.82 Å². The van der Waals surface area contributed by atoms with Crippen molar-refractivity contribution >= 4 is 28.5 Å². The SMILES string of the molecule is CC(=O)[C@H](CCN(CCCCc1ccc2c(n1)NCCC2)CCOc1cc(F)cc(F)c1)Nc1c[nH]c2ccccc2[n+]1=O. The molecule has 2 aromatic heterocycles. The first-order valence-electron chi connectivity index (χ1n) is 15.2. The third-order valence-corrected chi connectivity index (χ3v) is 7.87. The summed E-state index contributed by atoms with van der Waals surface area (Å²) in [6.07, 6.45) is 6.86. The van der Waals surface area contributed by atoms with Crippen LogP contribution in [-0.4, -0.2) is 59.5 Å².